The number of fused-ring (bicyclic) bond motifs is 2. The van der Waals surface area contributed by atoms with Crippen LogP contribution in [0.1, 0.15) is 0 Å². The maximum absolute atomic E-state index is 15.8. The van der Waals surface area contributed by atoms with E-state index in [2.05, 4.69) is 18.2 Å². The summed E-state index contributed by atoms with van der Waals surface area (Å²) < 4.78 is 31.5. The third-order valence-electron chi connectivity index (χ3n) is 10.8. The predicted molar refractivity (Wildman–Crippen MR) is 241 cm³/mol. The highest BCUT2D eigenvalue weighted by molar-refractivity contribution is 7.91. The number of benzene rings is 9. The minimum atomic E-state index is -3.45. The number of rotatable bonds is 9. The van der Waals surface area contributed by atoms with Gasteiger partial charge in [-0.15, -0.1) is 0 Å². The number of hydrogen-bond donors (Lipinski definition) is 1. The third-order valence-corrected chi connectivity index (χ3v) is 20.1. The van der Waals surface area contributed by atoms with Gasteiger partial charge in [0.25, 0.3) is 0 Å². The van der Waals surface area contributed by atoms with E-state index in [9.17, 15) is 4.89 Å². The van der Waals surface area contributed by atoms with Crippen LogP contribution in [0.3, 0.4) is 0 Å². The highest BCUT2D eigenvalue weighted by Gasteiger charge is 2.46. The van der Waals surface area contributed by atoms with Gasteiger partial charge < -0.3 is 9.13 Å². The van der Waals surface area contributed by atoms with Gasteiger partial charge in [-0.3, -0.25) is 0 Å². The van der Waals surface area contributed by atoms with E-state index in [0.717, 1.165) is 48.1 Å². The third kappa shape index (κ3) is 6.01. The molecular formula is C50H38O3P3+. The molecule has 9 aromatic carbocycles. The van der Waals surface area contributed by atoms with Crippen molar-refractivity contribution in [3.05, 3.63) is 224 Å². The van der Waals surface area contributed by atoms with Gasteiger partial charge in [0.2, 0.25) is 7.49 Å². The SMILES string of the molecule is O=P(c1ccccc1)(c1ccc(P(=O)(c2ccccc2)c2cccc3ccccc23)cc1)c1ccc([P+](O)(c2ccccc2)c2cccc3ccccc23)cc1. The minimum absolute atomic E-state index is 0.639. The Balaban J connectivity index is 1.18. The molecule has 0 fully saturated rings. The molecule has 0 heterocycles. The Bertz CT molecular complexity index is 2910. The molecule has 0 radical (unpaired) electrons. The maximum atomic E-state index is 15.8. The molecule has 0 amide bonds. The molecule has 3 nitrogen and oxygen atoms in total. The molecule has 0 aliphatic carbocycles. The van der Waals surface area contributed by atoms with E-state index in [4.69, 9.17) is 0 Å². The second kappa shape index (κ2) is 14.8. The summed E-state index contributed by atoms with van der Waals surface area (Å²) in [4.78, 5) is 13.0. The molecular weight excluding hydrogens is 741 g/mol. The van der Waals surface area contributed by atoms with Crippen molar-refractivity contribution in [1.82, 2.24) is 0 Å². The highest BCUT2D eigenvalue weighted by atomic mass is 31.2. The Hall–Kier alpha value is -5.65. The van der Waals surface area contributed by atoms with E-state index < -0.39 is 21.8 Å². The monoisotopic (exact) mass is 779 g/mol. The van der Waals surface area contributed by atoms with Crippen LogP contribution >= 0.6 is 21.8 Å². The van der Waals surface area contributed by atoms with E-state index in [0.29, 0.717) is 21.2 Å². The molecule has 3 atom stereocenters. The first-order valence-electron chi connectivity index (χ1n) is 18.6. The molecule has 1 N–H and O–H groups in total. The van der Waals surface area contributed by atoms with Gasteiger partial charge in [-0.1, -0.05) is 182 Å². The summed E-state index contributed by atoms with van der Waals surface area (Å²) in [6.07, 6.45) is 0. The molecule has 9 rings (SSSR count). The van der Waals surface area contributed by atoms with Crippen molar-refractivity contribution >= 4 is 91.1 Å². The van der Waals surface area contributed by atoms with Crippen molar-refractivity contribution in [3.63, 3.8) is 0 Å². The van der Waals surface area contributed by atoms with Gasteiger partial charge in [-0.25, -0.2) is 4.89 Å². The largest absolute Gasteiger partial charge is 0.309 e. The summed E-state index contributed by atoms with van der Waals surface area (Å²) in [6.45, 7) is 0. The van der Waals surface area contributed by atoms with Crippen LogP contribution in [0, 0.1) is 0 Å². The fraction of sp³-hybridized carbons (Fsp3) is 0. The van der Waals surface area contributed by atoms with Gasteiger partial charge in [-0.05, 0) is 58.6 Å². The lowest BCUT2D eigenvalue weighted by Gasteiger charge is -2.24. The number of hydrogen-bond acceptors (Lipinski definition) is 3. The second-order valence-electron chi connectivity index (χ2n) is 13.9. The molecule has 9 aromatic rings. The van der Waals surface area contributed by atoms with E-state index in [1.165, 1.54) is 0 Å². The average Bonchev–Trinajstić information content (AvgIpc) is 3.29. The smallest absolute Gasteiger partial charge is 0.239 e. The molecule has 0 aliphatic heterocycles. The maximum Gasteiger partial charge on any atom is 0.239 e. The first-order chi connectivity index (χ1) is 27.4. The van der Waals surface area contributed by atoms with Crippen LogP contribution in [-0.2, 0) is 9.13 Å². The topological polar surface area (TPSA) is 54.4 Å². The minimum Gasteiger partial charge on any atom is -0.309 e. The Morgan fingerprint density at radius 2 is 0.696 bits per heavy atom. The normalized spacial score (nSPS) is 14.7. The van der Waals surface area contributed by atoms with E-state index in [-0.39, 0.29) is 0 Å². The molecule has 56 heavy (non-hydrogen) atoms. The summed E-state index contributed by atoms with van der Waals surface area (Å²) in [5.41, 5.74) is 0. The molecule has 0 saturated carbocycles. The van der Waals surface area contributed by atoms with E-state index >= 15 is 9.13 Å². The van der Waals surface area contributed by atoms with Crippen molar-refractivity contribution in [2.45, 2.75) is 0 Å². The van der Waals surface area contributed by atoms with Gasteiger partial charge in [0, 0.05) is 37.2 Å². The molecule has 0 bridgehead atoms. The average molecular weight is 780 g/mol. The summed E-state index contributed by atoms with van der Waals surface area (Å²) in [5, 5.41) is 10.7. The van der Waals surface area contributed by atoms with Gasteiger partial charge in [0.05, 0.1) is 0 Å². The van der Waals surface area contributed by atoms with Crippen molar-refractivity contribution < 1.29 is 14.0 Å². The van der Waals surface area contributed by atoms with Crippen LogP contribution in [0.2, 0.25) is 0 Å². The molecule has 0 saturated heterocycles. The van der Waals surface area contributed by atoms with Crippen LogP contribution in [0.25, 0.3) is 21.5 Å². The highest BCUT2D eigenvalue weighted by Crippen LogP contribution is 2.53. The molecule has 270 valence electrons. The van der Waals surface area contributed by atoms with Gasteiger partial charge in [-0.2, -0.15) is 0 Å². The van der Waals surface area contributed by atoms with Crippen LogP contribution in [0.15, 0.2) is 224 Å². The molecule has 6 heteroatoms. The van der Waals surface area contributed by atoms with Crippen LogP contribution in [0.5, 0.6) is 0 Å². The van der Waals surface area contributed by atoms with Crippen LogP contribution in [0.4, 0.5) is 0 Å². The van der Waals surface area contributed by atoms with Gasteiger partial charge in [0.1, 0.15) is 15.9 Å². The van der Waals surface area contributed by atoms with E-state index in [1.54, 1.807) is 0 Å². The molecule has 0 aliphatic rings. The Morgan fingerprint density at radius 3 is 1.29 bits per heavy atom. The van der Waals surface area contributed by atoms with Crippen molar-refractivity contribution in [1.29, 1.82) is 0 Å². The molecule has 3 unspecified atom stereocenters. The zero-order chi connectivity index (χ0) is 38.2. The van der Waals surface area contributed by atoms with Gasteiger partial charge >= 0.3 is 0 Å². The summed E-state index contributed by atoms with van der Waals surface area (Å²) >= 11 is 0. The second-order valence-corrected chi connectivity index (χ2v) is 22.2. The lowest BCUT2D eigenvalue weighted by atomic mass is 10.1. The first-order valence-corrected chi connectivity index (χ1v) is 23.8. The lowest BCUT2D eigenvalue weighted by molar-refractivity contribution is 0.591. The Morgan fingerprint density at radius 1 is 0.321 bits per heavy atom. The zero-order valence-corrected chi connectivity index (χ0v) is 33.2. The van der Waals surface area contributed by atoms with Crippen LogP contribution in [-0.4, -0.2) is 4.89 Å². The van der Waals surface area contributed by atoms with Crippen molar-refractivity contribution in [2.24, 2.45) is 0 Å². The Kier molecular flexibility index (Phi) is 9.51. The van der Waals surface area contributed by atoms with Crippen molar-refractivity contribution in [2.75, 3.05) is 0 Å². The molecule has 0 aromatic heterocycles. The van der Waals surface area contributed by atoms with E-state index in [1.807, 2.05) is 206 Å². The van der Waals surface area contributed by atoms with Gasteiger partial charge in [0.15, 0.2) is 14.3 Å². The first kappa shape index (κ1) is 36.0. The van der Waals surface area contributed by atoms with Crippen molar-refractivity contribution in [3.8, 4) is 0 Å². The summed E-state index contributed by atoms with van der Waals surface area (Å²) in [6, 6.07) is 72.7. The zero-order valence-electron chi connectivity index (χ0n) is 30.5. The summed E-state index contributed by atoms with van der Waals surface area (Å²) in [5.74, 6) is 0. The Labute approximate surface area is 328 Å². The fourth-order valence-corrected chi connectivity index (χ4v) is 16.3. The lowest BCUT2D eigenvalue weighted by Crippen LogP contribution is -2.32. The molecule has 0 spiro atoms. The quantitative estimate of drug-likeness (QED) is 0.150. The van der Waals surface area contributed by atoms with Crippen LogP contribution < -0.4 is 47.7 Å². The fourth-order valence-electron chi connectivity index (χ4n) is 7.95. The standard InChI is InChI=1S/C50H38O3P3/c51-54(40-20-4-1-5-21-40,43-30-34-45(35-31-43)55(52,41-22-6-2-7-23-41)49-28-14-18-38-16-10-12-26-47(38)49)44-32-36-46(37-33-44)56(53,42-24-8-3-9-25-42)50-29-15-19-39-17-11-13-27-48(39)50/h1-37,52H/q+1. The predicted octanol–water partition coefficient (Wildman–Crippen LogP) is 8.47. The summed E-state index contributed by atoms with van der Waals surface area (Å²) in [7, 11) is -9.91.